The number of anilines is 1. The molecule has 34 heavy (non-hydrogen) atoms. The summed E-state index contributed by atoms with van der Waals surface area (Å²) in [5.74, 6) is -0.699. The van der Waals surface area contributed by atoms with E-state index in [1.54, 1.807) is 0 Å². The molecule has 4 rings (SSSR count). The minimum absolute atomic E-state index is 0.0430. The first-order chi connectivity index (χ1) is 16.3. The maximum absolute atomic E-state index is 13.0. The van der Waals surface area contributed by atoms with Gasteiger partial charge in [0.25, 0.3) is 17.3 Å². The van der Waals surface area contributed by atoms with Crippen molar-refractivity contribution in [2.45, 2.75) is 13.5 Å². The summed E-state index contributed by atoms with van der Waals surface area (Å²) in [5, 5.41) is 25.6. The van der Waals surface area contributed by atoms with Gasteiger partial charge in [-0.1, -0.05) is 41.7 Å². The summed E-state index contributed by atoms with van der Waals surface area (Å²) >= 11 is 1.30. The predicted octanol–water partition coefficient (Wildman–Crippen LogP) is 4.02. The Morgan fingerprint density at radius 1 is 1.15 bits per heavy atom. The molecule has 1 amide bonds. The number of ether oxygens (including phenoxy) is 1. The molecule has 2 heterocycles. The van der Waals surface area contributed by atoms with E-state index in [1.807, 2.05) is 30.3 Å². The normalized spacial score (nSPS) is 14.0. The smallest absolute Gasteiger partial charge is 0.279 e. The summed E-state index contributed by atoms with van der Waals surface area (Å²) in [6, 6.07) is 11.4. The van der Waals surface area contributed by atoms with E-state index in [0.29, 0.717) is 24.9 Å². The minimum Gasteiger partial charge on any atom is -0.379 e. The quantitative estimate of drug-likeness (QED) is 0.392. The second kappa shape index (κ2) is 10.0. The highest BCUT2D eigenvalue weighted by molar-refractivity contribution is 7.16. The van der Waals surface area contributed by atoms with Gasteiger partial charge in [-0.05, 0) is 6.92 Å². The summed E-state index contributed by atoms with van der Waals surface area (Å²) in [6.45, 7) is 4.87. The number of amides is 1. The Kier molecular flexibility index (Phi) is 6.91. The molecule has 12 heteroatoms. The molecule has 0 unspecified atom stereocenters. The zero-order valence-corrected chi connectivity index (χ0v) is 19.0. The first kappa shape index (κ1) is 23.4. The molecular weight excluding hydrogens is 462 g/mol. The van der Waals surface area contributed by atoms with Crippen molar-refractivity contribution < 1.29 is 19.4 Å². The van der Waals surface area contributed by atoms with Crippen LogP contribution in [0.1, 0.15) is 20.8 Å². The fourth-order valence-electron chi connectivity index (χ4n) is 3.68. The Morgan fingerprint density at radius 2 is 1.85 bits per heavy atom. The van der Waals surface area contributed by atoms with Crippen molar-refractivity contribution in [1.82, 2.24) is 9.88 Å². The monoisotopic (exact) mass is 483 g/mol. The average Bonchev–Trinajstić information content (AvgIpc) is 3.21. The van der Waals surface area contributed by atoms with Crippen molar-refractivity contribution in [2.75, 3.05) is 31.6 Å². The Bertz CT molecular complexity index is 1240. The van der Waals surface area contributed by atoms with Crippen LogP contribution >= 0.6 is 11.3 Å². The second-order valence-corrected chi connectivity index (χ2v) is 8.73. The van der Waals surface area contributed by atoms with E-state index in [0.717, 1.165) is 41.4 Å². The number of nitrogens with zero attached hydrogens (tertiary/aromatic N) is 4. The van der Waals surface area contributed by atoms with Gasteiger partial charge < -0.3 is 4.74 Å². The molecule has 176 valence electrons. The summed E-state index contributed by atoms with van der Waals surface area (Å²) < 4.78 is 5.42. The molecule has 0 saturated carbocycles. The highest BCUT2D eigenvalue weighted by atomic mass is 32.1. The van der Waals surface area contributed by atoms with E-state index in [9.17, 15) is 25.0 Å². The van der Waals surface area contributed by atoms with Crippen molar-refractivity contribution in [2.24, 2.45) is 0 Å². The first-order valence-electron chi connectivity index (χ1n) is 10.4. The van der Waals surface area contributed by atoms with Gasteiger partial charge in [0.1, 0.15) is 0 Å². The number of morpholine rings is 1. The van der Waals surface area contributed by atoms with Crippen molar-refractivity contribution >= 4 is 33.8 Å². The lowest BCUT2D eigenvalue weighted by Gasteiger charge is -2.26. The van der Waals surface area contributed by atoms with E-state index in [1.165, 1.54) is 18.3 Å². The summed E-state index contributed by atoms with van der Waals surface area (Å²) in [4.78, 5) is 41.9. The number of hydrogen-bond donors (Lipinski definition) is 1. The molecular formula is C22H21N5O6S. The summed E-state index contributed by atoms with van der Waals surface area (Å²) in [7, 11) is 0. The number of non-ortho nitro benzene ring substituents is 1. The molecule has 11 nitrogen and oxygen atoms in total. The standard InChI is InChI=1S/C22H21N5O6S/c1-14-17(11-16(26(29)30)12-18(14)27(31)32)21(28)24-22-23-20(15-5-3-2-4-6-15)19(34-22)13-25-7-9-33-10-8-25/h2-6,11-12H,7-10,13H2,1H3,(H,23,24,28). The fourth-order valence-corrected chi connectivity index (χ4v) is 4.70. The van der Waals surface area contributed by atoms with Crippen molar-refractivity contribution in [1.29, 1.82) is 0 Å². The van der Waals surface area contributed by atoms with Crippen LogP contribution in [0.5, 0.6) is 0 Å². The first-order valence-corrected chi connectivity index (χ1v) is 11.2. The van der Waals surface area contributed by atoms with Gasteiger partial charge in [0.15, 0.2) is 5.13 Å². The van der Waals surface area contributed by atoms with Crippen LogP contribution in [0.4, 0.5) is 16.5 Å². The topological polar surface area (TPSA) is 141 Å². The maximum atomic E-state index is 13.0. The van der Waals surface area contributed by atoms with E-state index >= 15 is 0 Å². The number of nitrogens with one attached hydrogen (secondary N) is 1. The largest absolute Gasteiger partial charge is 0.379 e. The number of carbonyl (C=O) groups is 1. The highest BCUT2D eigenvalue weighted by Gasteiger charge is 2.26. The van der Waals surface area contributed by atoms with Gasteiger partial charge in [-0.25, -0.2) is 4.98 Å². The molecule has 0 aliphatic carbocycles. The number of rotatable bonds is 7. The zero-order valence-electron chi connectivity index (χ0n) is 18.2. The third-order valence-corrected chi connectivity index (χ3v) is 6.41. The number of thiazole rings is 1. The summed E-state index contributed by atoms with van der Waals surface area (Å²) in [6.07, 6.45) is 0. The Morgan fingerprint density at radius 3 is 2.50 bits per heavy atom. The molecule has 1 N–H and O–H groups in total. The maximum Gasteiger partial charge on any atom is 0.279 e. The van der Waals surface area contributed by atoms with E-state index in [2.05, 4.69) is 15.2 Å². The van der Waals surface area contributed by atoms with Gasteiger partial charge in [-0.2, -0.15) is 0 Å². The number of benzene rings is 2. The molecule has 1 fully saturated rings. The van der Waals surface area contributed by atoms with Gasteiger partial charge in [-0.3, -0.25) is 35.2 Å². The van der Waals surface area contributed by atoms with Crippen molar-refractivity contribution in [3.63, 3.8) is 0 Å². The third kappa shape index (κ3) is 5.09. The Labute approximate surface area is 198 Å². The minimum atomic E-state index is -0.763. The van der Waals surface area contributed by atoms with Crippen LogP contribution in [0.2, 0.25) is 0 Å². The van der Waals surface area contributed by atoms with E-state index < -0.39 is 27.1 Å². The van der Waals surface area contributed by atoms with Gasteiger partial charge >= 0.3 is 0 Å². The van der Waals surface area contributed by atoms with Crippen LogP contribution in [0, 0.1) is 27.2 Å². The van der Waals surface area contributed by atoms with Crippen LogP contribution in [-0.4, -0.2) is 51.9 Å². The lowest BCUT2D eigenvalue weighted by molar-refractivity contribution is -0.394. The molecule has 0 atom stereocenters. The van der Waals surface area contributed by atoms with E-state index in [4.69, 9.17) is 4.74 Å². The second-order valence-electron chi connectivity index (χ2n) is 7.65. The van der Waals surface area contributed by atoms with Gasteiger partial charge in [0, 0.05) is 41.7 Å². The van der Waals surface area contributed by atoms with E-state index in [-0.39, 0.29) is 11.1 Å². The molecule has 1 aliphatic heterocycles. The molecule has 3 aromatic rings. The highest BCUT2D eigenvalue weighted by Crippen LogP contribution is 2.34. The van der Waals surface area contributed by atoms with Crippen LogP contribution in [0.3, 0.4) is 0 Å². The number of nitro benzene ring substituents is 2. The molecule has 0 spiro atoms. The lowest BCUT2D eigenvalue weighted by Crippen LogP contribution is -2.35. The Hall–Kier alpha value is -3.74. The fraction of sp³-hybridized carbons (Fsp3) is 0.273. The van der Waals surface area contributed by atoms with Gasteiger partial charge in [0.2, 0.25) is 0 Å². The number of aromatic nitrogens is 1. The van der Waals surface area contributed by atoms with Gasteiger partial charge in [-0.15, -0.1) is 0 Å². The number of carbonyl (C=O) groups excluding carboxylic acids is 1. The lowest BCUT2D eigenvalue weighted by atomic mass is 10.0. The number of nitro groups is 2. The van der Waals surface area contributed by atoms with Crippen LogP contribution in [0.25, 0.3) is 11.3 Å². The molecule has 1 saturated heterocycles. The average molecular weight is 484 g/mol. The molecule has 2 aromatic carbocycles. The molecule has 0 radical (unpaired) electrons. The molecule has 1 aliphatic rings. The Balaban J connectivity index is 1.67. The van der Waals surface area contributed by atoms with Crippen molar-refractivity contribution in [3.8, 4) is 11.3 Å². The third-order valence-electron chi connectivity index (χ3n) is 5.45. The predicted molar refractivity (Wildman–Crippen MR) is 126 cm³/mol. The molecule has 0 bridgehead atoms. The van der Waals surface area contributed by atoms with Crippen molar-refractivity contribution in [3.05, 3.63) is 78.7 Å². The van der Waals surface area contributed by atoms with Crippen LogP contribution < -0.4 is 5.32 Å². The SMILES string of the molecule is Cc1c(C(=O)Nc2nc(-c3ccccc3)c(CN3CCOCC3)s2)cc([N+](=O)[O-])cc1[N+](=O)[O-]. The zero-order chi connectivity index (χ0) is 24.2. The van der Waals surface area contributed by atoms with Crippen LogP contribution in [0.15, 0.2) is 42.5 Å². The summed E-state index contributed by atoms with van der Waals surface area (Å²) in [5.41, 5.74) is 0.503. The van der Waals surface area contributed by atoms with Crippen LogP contribution in [-0.2, 0) is 11.3 Å². The van der Waals surface area contributed by atoms with Gasteiger partial charge in [0.05, 0.1) is 40.4 Å². The molecule has 1 aromatic heterocycles. The number of hydrogen-bond acceptors (Lipinski definition) is 9.